The van der Waals surface area contributed by atoms with Gasteiger partial charge in [-0.1, -0.05) is 6.07 Å². The van der Waals surface area contributed by atoms with E-state index in [2.05, 4.69) is 0 Å². The maximum atomic E-state index is 12.6. The first-order valence-electron chi connectivity index (χ1n) is 8.46. The number of benzene rings is 2. The number of methoxy groups -OCH3 is 2. The molecule has 7 heteroatoms. The molecule has 0 atom stereocenters. The number of amides is 1. The Balaban J connectivity index is 1.70. The van der Waals surface area contributed by atoms with E-state index >= 15 is 0 Å². The second-order valence-corrected chi connectivity index (χ2v) is 6.01. The fraction of sp³-hybridized carbons (Fsp3) is 0.300. The summed E-state index contributed by atoms with van der Waals surface area (Å²) in [5.41, 5.74) is 1.92. The maximum absolute atomic E-state index is 12.6. The molecule has 0 bridgehead atoms. The molecule has 1 heterocycles. The van der Waals surface area contributed by atoms with Crippen molar-refractivity contribution in [2.24, 2.45) is 0 Å². The molecule has 0 fully saturated rings. The second kappa shape index (κ2) is 7.99. The van der Waals surface area contributed by atoms with Crippen LogP contribution in [0.1, 0.15) is 15.9 Å². The van der Waals surface area contributed by atoms with Crippen LogP contribution in [0.4, 0.5) is 5.69 Å². The summed E-state index contributed by atoms with van der Waals surface area (Å²) < 4.78 is 21.1. The first-order chi connectivity index (χ1) is 13.0. The van der Waals surface area contributed by atoms with Gasteiger partial charge in [0.1, 0.15) is 29.4 Å². The van der Waals surface area contributed by atoms with Crippen molar-refractivity contribution in [1.82, 2.24) is 0 Å². The number of esters is 1. The van der Waals surface area contributed by atoms with Gasteiger partial charge < -0.3 is 23.8 Å². The number of rotatable bonds is 5. The molecule has 2 aromatic rings. The minimum Gasteiger partial charge on any atom is -0.497 e. The molecule has 0 unspecified atom stereocenters. The van der Waals surface area contributed by atoms with Crippen molar-refractivity contribution in [2.45, 2.75) is 6.92 Å². The molecule has 142 valence electrons. The summed E-state index contributed by atoms with van der Waals surface area (Å²) in [6.45, 7) is 2.36. The number of anilines is 1. The Kier molecular flexibility index (Phi) is 5.49. The summed E-state index contributed by atoms with van der Waals surface area (Å²) in [7, 11) is 2.97. The summed E-state index contributed by atoms with van der Waals surface area (Å²) in [5.74, 6) is 0.564. The SMILES string of the molecule is COc1ccc(C(=O)OCC(=O)N2CCOc3ccc(C)cc32)c(OC)c1. The highest BCUT2D eigenvalue weighted by Crippen LogP contribution is 2.32. The van der Waals surface area contributed by atoms with Crippen molar-refractivity contribution in [3.8, 4) is 17.2 Å². The minimum atomic E-state index is -0.638. The zero-order chi connectivity index (χ0) is 19.4. The van der Waals surface area contributed by atoms with Crippen LogP contribution in [0.2, 0.25) is 0 Å². The molecule has 0 N–H and O–H groups in total. The van der Waals surface area contributed by atoms with E-state index in [0.29, 0.717) is 36.1 Å². The van der Waals surface area contributed by atoms with Crippen molar-refractivity contribution in [1.29, 1.82) is 0 Å². The lowest BCUT2D eigenvalue weighted by Crippen LogP contribution is -2.40. The largest absolute Gasteiger partial charge is 0.497 e. The van der Waals surface area contributed by atoms with Gasteiger partial charge in [0.05, 0.1) is 26.5 Å². The third-order valence-electron chi connectivity index (χ3n) is 4.23. The number of aryl methyl sites for hydroxylation is 1. The number of ether oxygens (including phenoxy) is 4. The van der Waals surface area contributed by atoms with Crippen molar-refractivity contribution in [3.63, 3.8) is 0 Å². The van der Waals surface area contributed by atoms with Gasteiger partial charge in [-0.25, -0.2) is 4.79 Å². The van der Waals surface area contributed by atoms with Crippen LogP contribution in [0.3, 0.4) is 0 Å². The lowest BCUT2D eigenvalue weighted by molar-refractivity contribution is -0.121. The highest BCUT2D eigenvalue weighted by molar-refractivity contribution is 5.99. The quantitative estimate of drug-likeness (QED) is 0.752. The van der Waals surface area contributed by atoms with Gasteiger partial charge in [-0.05, 0) is 36.8 Å². The van der Waals surface area contributed by atoms with Crippen molar-refractivity contribution in [3.05, 3.63) is 47.5 Å². The summed E-state index contributed by atoms with van der Waals surface area (Å²) in [4.78, 5) is 26.6. The van der Waals surface area contributed by atoms with Crippen LogP contribution in [0.5, 0.6) is 17.2 Å². The molecule has 0 saturated carbocycles. The Morgan fingerprint density at radius 1 is 1.11 bits per heavy atom. The molecule has 0 spiro atoms. The van der Waals surface area contributed by atoms with Gasteiger partial charge >= 0.3 is 5.97 Å². The molecule has 1 aliphatic heterocycles. The van der Waals surface area contributed by atoms with Gasteiger partial charge in [0.15, 0.2) is 6.61 Å². The average molecular weight is 371 g/mol. The molecule has 0 aromatic heterocycles. The molecule has 0 saturated heterocycles. The molecular weight excluding hydrogens is 350 g/mol. The third kappa shape index (κ3) is 3.97. The van der Waals surface area contributed by atoms with E-state index < -0.39 is 5.97 Å². The minimum absolute atomic E-state index is 0.226. The monoisotopic (exact) mass is 371 g/mol. The molecule has 0 radical (unpaired) electrons. The van der Waals surface area contributed by atoms with Crippen LogP contribution < -0.4 is 19.1 Å². The maximum Gasteiger partial charge on any atom is 0.342 e. The summed E-state index contributed by atoms with van der Waals surface area (Å²) >= 11 is 0. The van der Waals surface area contributed by atoms with Gasteiger partial charge in [0, 0.05) is 6.07 Å². The average Bonchev–Trinajstić information content (AvgIpc) is 2.70. The zero-order valence-corrected chi connectivity index (χ0v) is 15.5. The predicted octanol–water partition coefficient (Wildman–Crippen LogP) is 2.59. The Morgan fingerprint density at radius 3 is 2.67 bits per heavy atom. The Bertz CT molecular complexity index is 864. The molecule has 7 nitrogen and oxygen atoms in total. The van der Waals surface area contributed by atoms with Crippen LogP contribution in [0, 0.1) is 6.92 Å². The fourth-order valence-electron chi connectivity index (χ4n) is 2.84. The second-order valence-electron chi connectivity index (χ2n) is 6.01. The predicted molar refractivity (Wildman–Crippen MR) is 98.9 cm³/mol. The van der Waals surface area contributed by atoms with E-state index in [0.717, 1.165) is 5.56 Å². The third-order valence-corrected chi connectivity index (χ3v) is 4.23. The normalized spacial score (nSPS) is 12.6. The van der Waals surface area contributed by atoms with Crippen LogP contribution in [0.15, 0.2) is 36.4 Å². The highest BCUT2D eigenvalue weighted by atomic mass is 16.5. The van der Waals surface area contributed by atoms with Gasteiger partial charge in [0.2, 0.25) is 0 Å². The standard InChI is InChI=1S/C20H21NO6/c1-13-4-7-17-16(10-13)21(8-9-26-17)19(22)12-27-20(23)15-6-5-14(24-2)11-18(15)25-3/h4-7,10-11H,8-9,12H2,1-3H3. The van der Waals surface area contributed by atoms with Gasteiger partial charge in [-0.2, -0.15) is 0 Å². The number of hydrogen-bond acceptors (Lipinski definition) is 6. The van der Waals surface area contributed by atoms with Gasteiger partial charge in [-0.3, -0.25) is 4.79 Å². The van der Waals surface area contributed by atoms with E-state index in [1.54, 1.807) is 17.0 Å². The molecule has 2 aromatic carbocycles. The lowest BCUT2D eigenvalue weighted by Gasteiger charge is -2.29. The van der Waals surface area contributed by atoms with E-state index in [9.17, 15) is 9.59 Å². The number of carbonyl (C=O) groups is 2. The number of nitrogens with zero attached hydrogens (tertiary/aromatic N) is 1. The molecular formula is C20H21NO6. The van der Waals surface area contributed by atoms with E-state index in [1.165, 1.54) is 20.3 Å². The highest BCUT2D eigenvalue weighted by Gasteiger charge is 2.25. The molecule has 27 heavy (non-hydrogen) atoms. The molecule has 1 amide bonds. The smallest absolute Gasteiger partial charge is 0.342 e. The Hall–Kier alpha value is -3.22. The van der Waals surface area contributed by atoms with Crippen LogP contribution in [-0.4, -0.2) is 45.9 Å². The van der Waals surface area contributed by atoms with Crippen LogP contribution in [0.25, 0.3) is 0 Å². The molecule has 3 rings (SSSR count). The van der Waals surface area contributed by atoms with E-state index in [-0.39, 0.29) is 18.1 Å². The molecule has 1 aliphatic rings. The summed E-state index contributed by atoms with van der Waals surface area (Å²) in [6.07, 6.45) is 0. The topological polar surface area (TPSA) is 74.3 Å². The fourth-order valence-corrected chi connectivity index (χ4v) is 2.84. The first-order valence-corrected chi connectivity index (χ1v) is 8.46. The molecule has 0 aliphatic carbocycles. The number of carbonyl (C=O) groups excluding carboxylic acids is 2. The van der Waals surface area contributed by atoms with E-state index in [4.69, 9.17) is 18.9 Å². The summed E-state index contributed by atoms with van der Waals surface area (Å²) in [5, 5.41) is 0. The van der Waals surface area contributed by atoms with Gasteiger partial charge in [-0.15, -0.1) is 0 Å². The Morgan fingerprint density at radius 2 is 1.93 bits per heavy atom. The van der Waals surface area contributed by atoms with Crippen LogP contribution >= 0.6 is 0 Å². The number of hydrogen-bond donors (Lipinski definition) is 0. The summed E-state index contributed by atoms with van der Waals surface area (Å²) in [6, 6.07) is 10.4. The number of fused-ring (bicyclic) bond motifs is 1. The lowest BCUT2D eigenvalue weighted by atomic mass is 10.1. The Labute approximate surface area is 157 Å². The van der Waals surface area contributed by atoms with Crippen molar-refractivity contribution >= 4 is 17.6 Å². The van der Waals surface area contributed by atoms with E-state index in [1.807, 2.05) is 25.1 Å². The zero-order valence-electron chi connectivity index (χ0n) is 15.5. The van der Waals surface area contributed by atoms with Crippen molar-refractivity contribution in [2.75, 3.05) is 38.9 Å². The van der Waals surface area contributed by atoms with Crippen molar-refractivity contribution < 1.29 is 28.5 Å². The van der Waals surface area contributed by atoms with Crippen LogP contribution in [-0.2, 0) is 9.53 Å². The first kappa shape index (κ1) is 18.6. The van der Waals surface area contributed by atoms with Gasteiger partial charge in [0.25, 0.3) is 5.91 Å².